The predicted molar refractivity (Wildman–Crippen MR) is 252 cm³/mol. The summed E-state index contributed by atoms with van der Waals surface area (Å²) in [5.41, 5.74) is 18.0. The number of rotatable bonds is 5. The number of thiophene rings is 1. The highest BCUT2D eigenvalue weighted by molar-refractivity contribution is 7.19. The topological polar surface area (TPSA) is 26.0 Å². The van der Waals surface area contributed by atoms with Crippen molar-refractivity contribution in [3.63, 3.8) is 0 Å². The molecule has 3 unspecified atom stereocenters. The summed E-state index contributed by atoms with van der Waals surface area (Å²) in [5, 5.41) is 3.58. The molecule has 3 heterocycles. The van der Waals surface area contributed by atoms with Gasteiger partial charge < -0.3 is 4.42 Å². The highest BCUT2D eigenvalue weighted by Gasteiger charge is 2.30. The van der Waals surface area contributed by atoms with Gasteiger partial charge in [0.1, 0.15) is 11.2 Å². The molecule has 10 aromatic rings. The first-order valence-electron chi connectivity index (χ1n) is 21.1. The van der Waals surface area contributed by atoms with Crippen molar-refractivity contribution in [1.82, 2.24) is 4.98 Å². The minimum absolute atomic E-state index is 0.306. The van der Waals surface area contributed by atoms with E-state index in [2.05, 4.69) is 183 Å². The third-order valence-electron chi connectivity index (χ3n) is 13.2. The largest absolute Gasteiger partial charge is 0.456 e. The van der Waals surface area contributed by atoms with Gasteiger partial charge in [-0.25, -0.2) is 4.98 Å². The van der Waals surface area contributed by atoms with Gasteiger partial charge in [0.2, 0.25) is 0 Å². The van der Waals surface area contributed by atoms with Crippen LogP contribution in [-0.2, 0) is 12.8 Å². The first-order valence-corrected chi connectivity index (χ1v) is 21.9. The highest BCUT2D eigenvalue weighted by atomic mass is 32.1. The number of nitrogens with zero attached hydrogens (tertiary/aromatic N) is 1. The number of allylic oxidation sites excluding steroid dienone is 1. The van der Waals surface area contributed by atoms with Crippen molar-refractivity contribution in [3.8, 4) is 44.8 Å². The summed E-state index contributed by atoms with van der Waals surface area (Å²) in [6.07, 6.45) is 6.91. The summed E-state index contributed by atoms with van der Waals surface area (Å²) in [4.78, 5) is 6.73. The minimum atomic E-state index is 0.306. The molecule has 7 aromatic carbocycles. The fourth-order valence-corrected chi connectivity index (χ4v) is 11.4. The highest BCUT2D eigenvalue weighted by Crippen LogP contribution is 2.48. The first-order chi connectivity index (χ1) is 29.6. The molecule has 2 nitrogen and oxygen atoms in total. The van der Waals surface area contributed by atoms with Gasteiger partial charge in [0.05, 0.1) is 11.4 Å². The smallest absolute Gasteiger partial charge is 0.136 e. The number of aromatic nitrogens is 1. The number of hydrogen-bond acceptors (Lipinski definition) is 3. The molecule has 0 saturated heterocycles. The van der Waals surface area contributed by atoms with Crippen LogP contribution in [0.1, 0.15) is 57.4 Å². The zero-order valence-electron chi connectivity index (χ0n) is 33.3. The Morgan fingerprint density at radius 3 is 2.18 bits per heavy atom. The SMILES string of the molecule is CC1c2ccc(C3C=Cc4c(sc5cccc(-c6cc(-c7ccccc7)nc(-c7ccc8c(c7)oc7ccccc78)c6)c45)C3)cc2-c2ccccc2CC1c1ccccc1. The maximum atomic E-state index is 6.33. The molecular formula is C57H41NOS. The van der Waals surface area contributed by atoms with Crippen LogP contribution in [0, 0.1) is 0 Å². The Morgan fingerprint density at radius 1 is 0.550 bits per heavy atom. The van der Waals surface area contributed by atoms with Crippen LogP contribution in [0.25, 0.3) is 82.9 Å². The van der Waals surface area contributed by atoms with E-state index < -0.39 is 0 Å². The fourth-order valence-electron chi connectivity index (χ4n) is 10.1. The lowest BCUT2D eigenvalue weighted by Gasteiger charge is -2.25. The quantitative estimate of drug-likeness (QED) is 0.174. The van der Waals surface area contributed by atoms with Crippen molar-refractivity contribution in [1.29, 1.82) is 0 Å². The third kappa shape index (κ3) is 5.87. The van der Waals surface area contributed by atoms with Crippen LogP contribution in [0.4, 0.5) is 0 Å². The Labute approximate surface area is 354 Å². The van der Waals surface area contributed by atoms with Crippen molar-refractivity contribution in [2.75, 3.05) is 0 Å². The molecule has 0 N–H and O–H groups in total. The number of para-hydroxylation sites is 1. The Bertz CT molecular complexity index is 3300. The van der Waals surface area contributed by atoms with Crippen LogP contribution < -0.4 is 0 Å². The molecule has 60 heavy (non-hydrogen) atoms. The van der Waals surface area contributed by atoms with E-state index in [0.717, 1.165) is 62.9 Å². The molecule has 0 radical (unpaired) electrons. The Hall–Kier alpha value is -6.81. The second kappa shape index (κ2) is 14.2. The zero-order valence-corrected chi connectivity index (χ0v) is 34.1. The van der Waals surface area contributed by atoms with E-state index in [4.69, 9.17) is 9.40 Å². The average molecular weight is 788 g/mol. The summed E-state index contributed by atoms with van der Waals surface area (Å²) in [7, 11) is 0. The van der Waals surface area contributed by atoms with E-state index in [1.165, 1.54) is 59.5 Å². The van der Waals surface area contributed by atoms with Crippen LogP contribution in [0.2, 0.25) is 0 Å². The van der Waals surface area contributed by atoms with E-state index in [1.807, 2.05) is 23.5 Å². The monoisotopic (exact) mass is 787 g/mol. The van der Waals surface area contributed by atoms with Crippen LogP contribution in [0.3, 0.4) is 0 Å². The van der Waals surface area contributed by atoms with Gasteiger partial charge in [-0.2, -0.15) is 0 Å². The molecule has 12 rings (SSSR count). The lowest BCUT2D eigenvalue weighted by Crippen LogP contribution is -2.10. The van der Waals surface area contributed by atoms with Gasteiger partial charge in [-0.15, -0.1) is 11.3 Å². The summed E-state index contributed by atoms with van der Waals surface area (Å²) in [5.74, 6) is 1.15. The van der Waals surface area contributed by atoms with Crippen molar-refractivity contribution in [2.45, 2.75) is 37.5 Å². The fraction of sp³-hybridized carbons (Fsp3) is 0.105. The van der Waals surface area contributed by atoms with Gasteiger partial charge in [0.15, 0.2) is 0 Å². The molecule has 286 valence electrons. The molecular weight excluding hydrogens is 747 g/mol. The molecule has 0 fully saturated rings. The maximum Gasteiger partial charge on any atom is 0.136 e. The molecule has 3 heteroatoms. The number of furan rings is 1. The lowest BCUT2D eigenvalue weighted by molar-refractivity contribution is 0.579. The van der Waals surface area contributed by atoms with Crippen molar-refractivity contribution >= 4 is 49.4 Å². The molecule has 2 aliphatic carbocycles. The number of hydrogen-bond donors (Lipinski definition) is 0. The molecule has 2 aliphatic rings. The van der Waals surface area contributed by atoms with E-state index in [-0.39, 0.29) is 0 Å². The van der Waals surface area contributed by atoms with Crippen molar-refractivity contribution < 1.29 is 4.42 Å². The van der Waals surface area contributed by atoms with Gasteiger partial charge in [0, 0.05) is 42.8 Å². The number of pyridine rings is 1. The average Bonchev–Trinajstić information content (AvgIpc) is 3.85. The van der Waals surface area contributed by atoms with E-state index >= 15 is 0 Å². The Kier molecular flexibility index (Phi) is 8.31. The van der Waals surface area contributed by atoms with E-state index in [0.29, 0.717) is 17.8 Å². The Balaban J connectivity index is 0.938. The standard InChI is InChI=1S/C57H41NOS/c1-35-43-26-23-38(29-50(43)44-18-9-8-17-40(44)30-49(35)36-13-4-2-5-14-36)39-24-28-48-56(34-39)60-55-22-12-20-45(57(48)55)42-31-51(37-15-6-3-7-16-37)58-52(32-42)41-25-27-47-46-19-10-11-21-53(46)59-54(47)33-41/h2-29,31-33,35,39,49H,30,34H2,1H3. The molecule has 0 bridgehead atoms. The minimum Gasteiger partial charge on any atom is -0.456 e. The second-order valence-corrected chi connectivity index (χ2v) is 17.7. The maximum absolute atomic E-state index is 6.33. The van der Waals surface area contributed by atoms with Gasteiger partial charge in [-0.05, 0) is 111 Å². The normalized spacial score (nSPS) is 17.1. The number of benzene rings is 7. The lowest BCUT2D eigenvalue weighted by atomic mass is 9.79. The summed E-state index contributed by atoms with van der Waals surface area (Å²) in [6, 6.07) is 64.2. The van der Waals surface area contributed by atoms with E-state index in [9.17, 15) is 0 Å². The summed E-state index contributed by atoms with van der Waals surface area (Å²) >= 11 is 1.95. The number of fused-ring (bicyclic) bond motifs is 9. The van der Waals surface area contributed by atoms with Crippen LogP contribution >= 0.6 is 11.3 Å². The predicted octanol–water partition coefficient (Wildman–Crippen LogP) is 15.7. The second-order valence-electron chi connectivity index (χ2n) is 16.6. The first kappa shape index (κ1) is 35.2. The van der Waals surface area contributed by atoms with Gasteiger partial charge >= 0.3 is 0 Å². The molecule has 3 atom stereocenters. The third-order valence-corrected chi connectivity index (χ3v) is 14.4. The van der Waals surface area contributed by atoms with Crippen LogP contribution in [0.5, 0.6) is 0 Å². The molecule has 0 aliphatic heterocycles. The summed E-state index contributed by atoms with van der Waals surface area (Å²) < 4.78 is 7.66. The molecule has 0 saturated carbocycles. The molecule has 0 amide bonds. The van der Waals surface area contributed by atoms with Gasteiger partial charge in [0.25, 0.3) is 0 Å². The van der Waals surface area contributed by atoms with E-state index in [1.54, 1.807) is 0 Å². The van der Waals surface area contributed by atoms with Gasteiger partial charge in [-0.3, -0.25) is 0 Å². The Morgan fingerprint density at radius 2 is 1.30 bits per heavy atom. The summed E-state index contributed by atoms with van der Waals surface area (Å²) in [6.45, 7) is 2.43. The van der Waals surface area contributed by atoms with Crippen LogP contribution in [0.15, 0.2) is 186 Å². The zero-order chi connectivity index (χ0) is 39.7. The molecule has 3 aromatic heterocycles. The van der Waals surface area contributed by atoms with Crippen LogP contribution in [-0.4, -0.2) is 4.98 Å². The van der Waals surface area contributed by atoms with Crippen molar-refractivity contribution in [3.05, 3.63) is 215 Å². The van der Waals surface area contributed by atoms with Gasteiger partial charge in [-0.1, -0.05) is 159 Å². The van der Waals surface area contributed by atoms with Crippen molar-refractivity contribution in [2.24, 2.45) is 0 Å². The molecule has 0 spiro atoms.